The van der Waals surface area contributed by atoms with E-state index in [1.165, 1.54) is 6.07 Å². The molecule has 6 heteroatoms. The lowest BCUT2D eigenvalue weighted by molar-refractivity contribution is -0.122. The molecule has 0 unspecified atom stereocenters. The molecule has 0 aliphatic heterocycles. The van der Waals surface area contributed by atoms with Crippen LogP contribution < -0.4 is 20.4 Å². The van der Waals surface area contributed by atoms with Gasteiger partial charge in [-0.25, -0.2) is 4.79 Å². The Kier molecular flexibility index (Phi) is 5.48. The van der Waals surface area contributed by atoms with E-state index in [9.17, 15) is 9.59 Å². The van der Waals surface area contributed by atoms with Crippen LogP contribution >= 0.6 is 0 Å². The maximum Gasteiger partial charge on any atom is 0.336 e. The zero-order valence-corrected chi connectivity index (χ0v) is 16.2. The van der Waals surface area contributed by atoms with Crippen molar-refractivity contribution in [1.82, 2.24) is 0 Å². The number of hydrogen-bond donors (Lipinski definition) is 1. The molecule has 1 amide bonds. The van der Waals surface area contributed by atoms with Crippen molar-refractivity contribution < 1.29 is 18.7 Å². The smallest absolute Gasteiger partial charge is 0.336 e. The molecule has 0 spiro atoms. The van der Waals surface area contributed by atoms with Gasteiger partial charge >= 0.3 is 5.63 Å². The highest BCUT2D eigenvalue weighted by molar-refractivity contribution is 5.94. The van der Waals surface area contributed by atoms with E-state index in [1.807, 2.05) is 30.3 Å². The summed E-state index contributed by atoms with van der Waals surface area (Å²) in [6, 6.07) is 24.6. The molecule has 150 valence electrons. The Hall–Kier alpha value is -4.06. The molecular weight excluding hydrogens is 382 g/mol. The molecule has 4 aromatic rings. The quantitative estimate of drug-likeness (QED) is 0.461. The van der Waals surface area contributed by atoms with Gasteiger partial charge in [-0.2, -0.15) is 0 Å². The molecule has 0 fully saturated rings. The fourth-order valence-electron chi connectivity index (χ4n) is 2.85. The summed E-state index contributed by atoms with van der Waals surface area (Å²) in [6.45, 7) is 1.65. The minimum absolute atomic E-state index is 0.304. The van der Waals surface area contributed by atoms with Crippen LogP contribution in [0.1, 0.15) is 6.92 Å². The first kappa shape index (κ1) is 19.3. The normalized spacial score (nSPS) is 11.6. The number of benzene rings is 3. The second kappa shape index (κ2) is 8.53. The molecule has 1 N–H and O–H groups in total. The molecular formula is C24H19NO5. The summed E-state index contributed by atoms with van der Waals surface area (Å²) in [5.41, 5.74) is 0.590. The van der Waals surface area contributed by atoms with E-state index in [0.717, 1.165) is 11.1 Å². The van der Waals surface area contributed by atoms with Gasteiger partial charge in [-0.3, -0.25) is 4.79 Å². The molecule has 4 rings (SSSR count). The molecule has 0 aliphatic rings. The topological polar surface area (TPSA) is 77.8 Å². The predicted molar refractivity (Wildman–Crippen MR) is 114 cm³/mol. The van der Waals surface area contributed by atoms with Gasteiger partial charge in [0.25, 0.3) is 5.91 Å². The maximum atomic E-state index is 12.5. The third kappa shape index (κ3) is 4.67. The van der Waals surface area contributed by atoms with Crippen molar-refractivity contribution >= 4 is 22.6 Å². The number of anilines is 1. The zero-order valence-electron chi connectivity index (χ0n) is 16.2. The van der Waals surface area contributed by atoms with Gasteiger partial charge < -0.3 is 19.2 Å². The highest BCUT2D eigenvalue weighted by Gasteiger charge is 2.15. The number of fused-ring (bicyclic) bond motifs is 1. The fraction of sp³-hybridized carbons (Fsp3) is 0.0833. The third-order valence-electron chi connectivity index (χ3n) is 4.38. The summed E-state index contributed by atoms with van der Waals surface area (Å²) in [5, 5.41) is 3.58. The Morgan fingerprint density at radius 2 is 1.53 bits per heavy atom. The number of carbonyl (C=O) groups is 1. The number of carbonyl (C=O) groups excluding carboxylic acids is 1. The lowest BCUT2D eigenvalue weighted by Crippen LogP contribution is -2.30. The molecule has 1 aromatic heterocycles. The van der Waals surface area contributed by atoms with Gasteiger partial charge in [0.15, 0.2) is 6.10 Å². The molecule has 0 aliphatic carbocycles. The van der Waals surface area contributed by atoms with Crippen molar-refractivity contribution in [3.63, 3.8) is 0 Å². The van der Waals surface area contributed by atoms with E-state index in [0.29, 0.717) is 22.8 Å². The average Bonchev–Trinajstić information content (AvgIpc) is 2.75. The van der Waals surface area contributed by atoms with Crippen molar-refractivity contribution in [1.29, 1.82) is 0 Å². The number of rotatable bonds is 6. The Morgan fingerprint density at radius 1 is 0.867 bits per heavy atom. The number of para-hydroxylation sites is 1. The van der Waals surface area contributed by atoms with Crippen molar-refractivity contribution in [2.75, 3.05) is 5.32 Å². The summed E-state index contributed by atoms with van der Waals surface area (Å²) in [5.74, 6) is 1.54. The van der Waals surface area contributed by atoms with Crippen LogP contribution in [-0.2, 0) is 4.79 Å². The fourth-order valence-corrected chi connectivity index (χ4v) is 2.85. The number of amides is 1. The van der Waals surface area contributed by atoms with Crippen molar-refractivity contribution in [2.24, 2.45) is 0 Å². The Balaban J connectivity index is 1.38. The van der Waals surface area contributed by atoms with Crippen molar-refractivity contribution in [3.8, 4) is 17.2 Å². The molecule has 0 saturated heterocycles. The van der Waals surface area contributed by atoms with E-state index in [1.54, 1.807) is 55.5 Å². The van der Waals surface area contributed by atoms with Crippen molar-refractivity contribution in [2.45, 2.75) is 13.0 Å². The molecule has 0 saturated carbocycles. The second-order valence-electron chi connectivity index (χ2n) is 6.64. The SMILES string of the molecule is C[C@H](Oc1ccc2ccc(=O)oc2c1)C(=O)Nc1ccc(Oc2ccccc2)cc1. The molecule has 3 aromatic carbocycles. The van der Waals surface area contributed by atoms with E-state index < -0.39 is 11.7 Å². The van der Waals surface area contributed by atoms with Gasteiger partial charge in [-0.1, -0.05) is 18.2 Å². The molecule has 1 heterocycles. The monoisotopic (exact) mass is 401 g/mol. The molecule has 1 atom stereocenters. The van der Waals surface area contributed by atoms with Crippen LogP contribution in [-0.4, -0.2) is 12.0 Å². The summed E-state index contributed by atoms with van der Waals surface area (Å²) in [7, 11) is 0. The van der Waals surface area contributed by atoms with E-state index >= 15 is 0 Å². The maximum absolute atomic E-state index is 12.5. The highest BCUT2D eigenvalue weighted by Crippen LogP contribution is 2.23. The first-order chi connectivity index (χ1) is 14.6. The summed E-state index contributed by atoms with van der Waals surface area (Å²) >= 11 is 0. The van der Waals surface area contributed by atoms with Gasteiger partial charge in [0.05, 0.1) is 0 Å². The lowest BCUT2D eigenvalue weighted by Gasteiger charge is -2.15. The standard InChI is InChI=1S/C24H19NO5/c1-16(28-21-11-7-17-8-14-23(26)30-22(17)15-21)24(27)25-18-9-12-20(13-10-18)29-19-5-3-2-4-6-19/h2-16H,1H3,(H,25,27)/t16-/m0/s1. The van der Waals surface area contributed by atoms with Crippen LogP contribution in [0, 0.1) is 0 Å². The summed E-state index contributed by atoms with van der Waals surface area (Å²) in [6.07, 6.45) is -0.752. The minimum Gasteiger partial charge on any atom is -0.481 e. The summed E-state index contributed by atoms with van der Waals surface area (Å²) in [4.78, 5) is 23.8. The molecule has 6 nitrogen and oxygen atoms in total. The molecule has 0 radical (unpaired) electrons. The van der Waals surface area contributed by atoms with Crippen LogP contribution in [0.2, 0.25) is 0 Å². The van der Waals surface area contributed by atoms with Crippen LogP contribution in [0.5, 0.6) is 17.2 Å². The predicted octanol–water partition coefficient (Wildman–Crippen LogP) is 4.99. The largest absolute Gasteiger partial charge is 0.481 e. The van der Waals surface area contributed by atoms with E-state index in [4.69, 9.17) is 13.9 Å². The average molecular weight is 401 g/mol. The Labute approximate surface area is 172 Å². The highest BCUT2D eigenvalue weighted by atomic mass is 16.5. The van der Waals surface area contributed by atoms with Crippen LogP contribution in [0.3, 0.4) is 0 Å². The third-order valence-corrected chi connectivity index (χ3v) is 4.38. The van der Waals surface area contributed by atoms with Gasteiger partial charge in [0.2, 0.25) is 0 Å². The molecule has 0 bridgehead atoms. The zero-order chi connectivity index (χ0) is 20.9. The number of ether oxygens (including phenoxy) is 2. The minimum atomic E-state index is -0.752. The van der Waals surface area contributed by atoms with Crippen LogP contribution in [0.15, 0.2) is 94.1 Å². The second-order valence-corrected chi connectivity index (χ2v) is 6.64. The van der Waals surface area contributed by atoms with Gasteiger partial charge in [-0.05, 0) is 61.5 Å². The summed E-state index contributed by atoms with van der Waals surface area (Å²) < 4.78 is 16.6. The van der Waals surface area contributed by atoms with Crippen molar-refractivity contribution in [3.05, 3.63) is 95.3 Å². The first-order valence-electron chi connectivity index (χ1n) is 9.41. The first-order valence-corrected chi connectivity index (χ1v) is 9.41. The van der Waals surface area contributed by atoms with Crippen LogP contribution in [0.25, 0.3) is 11.0 Å². The Morgan fingerprint density at radius 3 is 2.30 bits per heavy atom. The van der Waals surface area contributed by atoms with Gasteiger partial charge in [-0.15, -0.1) is 0 Å². The number of hydrogen-bond acceptors (Lipinski definition) is 5. The van der Waals surface area contributed by atoms with Gasteiger partial charge in [0, 0.05) is 23.2 Å². The lowest BCUT2D eigenvalue weighted by atomic mass is 10.2. The van der Waals surface area contributed by atoms with Crippen LogP contribution in [0.4, 0.5) is 5.69 Å². The van der Waals surface area contributed by atoms with E-state index in [2.05, 4.69) is 5.32 Å². The van der Waals surface area contributed by atoms with E-state index in [-0.39, 0.29) is 5.91 Å². The molecule has 30 heavy (non-hydrogen) atoms. The Bertz CT molecular complexity index is 1220. The number of nitrogens with one attached hydrogen (secondary N) is 1. The van der Waals surface area contributed by atoms with Gasteiger partial charge in [0.1, 0.15) is 22.8 Å².